The van der Waals surface area contributed by atoms with E-state index in [4.69, 9.17) is 0 Å². The highest BCUT2D eigenvalue weighted by molar-refractivity contribution is 5.98. The monoisotopic (exact) mass is 425 g/mol. The number of carbonyl (C=O) groups is 1. The van der Waals surface area contributed by atoms with E-state index in [0.29, 0.717) is 17.1 Å². The molecule has 1 aliphatic carbocycles. The minimum atomic E-state index is -0.401. The lowest BCUT2D eigenvalue weighted by atomic mass is 9.96. The van der Waals surface area contributed by atoms with E-state index in [1.807, 2.05) is 43.3 Å². The summed E-state index contributed by atoms with van der Waals surface area (Å²) >= 11 is 0. The Labute approximate surface area is 188 Å². The van der Waals surface area contributed by atoms with Crippen LogP contribution in [0.15, 0.2) is 48.7 Å². The Morgan fingerprint density at radius 2 is 2.00 bits per heavy atom. The predicted octanol–water partition coefficient (Wildman–Crippen LogP) is 3.58. The van der Waals surface area contributed by atoms with Crippen molar-refractivity contribution in [2.24, 2.45) is 0 Å². The number of fused-ring (bicyclic) bond motifs is 1. The second-order valence-electron chi connectivity index (χ2n) is 9.23. The van der Waals surface area contributed by atoms with Crippen LogP contribution in [0.4, 0.5) is 5.69 Å². The van der Waals surface area contributed by atoms with E-state index in [-0.39, 0.29) is 5.91 Å². The Balaban J connectivity index is 1.42. The number of aryl methyl sites for hydroxylation is 1. The molecule has 2 aliphatic rings. The molecule has 1 aliphatic heterocycles. The molecule has 1 amide bonds. The van der Waals surface area contributed by atoms with Crippen LogP contribution < -0.4 is 10.2 Å². The zero-order valence-electron chi connectivity index (χ0n) is 18.7. The van der Waals surface area contributed by atoms with Crippen molar-refractivity contribution in [3.05, 3.63) is 70.9 Å². The van der Waals surface area contributed by atoms with E-state index in [2.05, 4.69) is 46.3 Å². The van der Waals surface area contributed by atoms with Gasteiger partial charge in [-0.15, -0.1) is 0 Å². The van der Waals surface area contributed by atoms with Crippen molar-refractivity contribution >= 4 is 22.5 Å². The van der Waals surface area contributed by atoms with E-state index in [9.17, 15) is 10.1 Å². The second kappa shape index (κ2) is 7.61. The summed E-state index contributed by atoms with van der Waals surface area (Å²) in [5.41, 5.74) is 4.67. The van der Waals surface area contributed by atoms with Gasteiger partial charge in [0.2, 0.25) is 0 Å². The Morgan fingerprint density at radius 3 is 2.69 bits per heavy atom. The summed E-state index contributed by atoms with van der Waals surface area (Å²) in [6, 6.07) is 16.6. The largest absolute Gasteiger partial charge is 0.368 e. The van der Waals surface area contributed by atoms with E-state index >= 15 is 0 Å². The maximum atomic E-state index is 13.4. The molecule has 2 aromatic carbocycles. The van der Waals surface area contributed by atoms with Crippen molar-refractivity contribution in [3.63, 3.8) is 0 Å². The van der Waals surface area contributed by atoms with Gasteiger partial charge in [-0.1, -0.05) is 18.2 Å². The first-order chi connectivity index (χ1) is 15.4. The van der Waals surface area contributed by atoms with Crippen LogP contribution in [0.25, 0.3) is 10.9 Å². The Bertz CT molecular complexity index is 1250. The number of aromatic nitrogens is 1. The molecule has 0 unspecified atom stereocenters. The molecule has 32 heavy (non-hydrogen) atoms. The van der Waals surface area contributed by atoms with Crippen molar-refractivity contribution in [2.45, 2.75) is 31.3 Å². The number of nitrogens with one attached hydrogen (secondary N) is 1. The fourth-order valence-electron chi connectivity index (χ4n) is 4.60. The van der Waals surface area contributed by atoms with Crippen LogP contribution >= 0.6 is 0 Å². The van der Waals surface area contributed by atoms with Crippen LogP contribution in [-0.4, -0.2) is 49.0 Å². The molecule has 1 saturated carbocycles. The fourth-order valence-corrected chi connectivity index (χ4v) is 4.60. The van der Waals surface area contributed by atoms with Gasteiger partial charge in [0, 0.05) is 42.0 Å². The van der Waals surface area contributed by atoms with Gasteiger partial charge in [0.25, 0.3) is 5.91 Å². The number of hydrogen-bond donors (Lipinski definition) is 1. The molecule has 0 atom stereocenters. The molecule has 2 fully saturated rings. The molecule has 0 bridgehead atoms. The summed E-state index contributed by atoms with van der Waals surface area (Å²) in [5.74, 6) is -0.0482. The highest BCUT2D eigenvalue weighted by Gasteiger charge is 2.47. The molecular formula is C26H27N5O. The summed E-state index contributed by atoms with van der Waals surface area (Å²) in [6.45, 7) is 3.94. The molecule has 0 spiro atoms. The molecule has 162 valence electrons. The first-order valence-electron chi connectivity index (χ1n) is 11.0. The van der Waals surface area contributed by atoms with Gasteiger partial charge in [-0.25, -0.2) is 0 Å². The van der Waals surface area contributed by atoms with E-state index in [1.165, 1.54) is 0 Å². The minimum Gasteiger partial charge on any atom is -0.368 e. The van der Waals surface area contributed by atoms with Gasteiger partial charge in [-0.2, -0.15) is 5.26 Å². The van der Waals surface area contributed by atoms with Gasteiger partial charge < -0.3 is 15.1 Å². The number of anilines is 1. The highest BCUT2D eigenvalue weighted by atomic mass is 16.1. The van der Waals surface area contributed by atoms with Crippen LogP contribution in [0.2, 0.25) is 0 Å². The molecule has 5 rings (SSSR count). The van der Waals surface area contributed by atoms with Crippen LogP contribution in [0.5, 0.6) is 0 Å². The maximum absolute atomic E-state index is 13.4. The lowest BCUT2D eigenvalue weighted by Crippen LogP contribution is -2.57. The van der Waals surface area contributed by atoms with Crippen LogP contribution in [-0.2, 0) is 5.54 Å². The smallest absolute Gasteiger partial charge is 0.252 e. The first kappa shape index (κ1) is 20.5. The lowest BCUT2D eigenvalue weighted by molar-refractivity contribution is 0.0930. The predicted molar refractivity (Wildman–Crippen MR) is 126 cm³/mol. The third-order valence-corrected chi connectivity index (χ3v) is 6.93. The SMILES string of the molecule is Cc1ccc(N2CC(N(C)C)C2)cc1C(=O)NC1(c2ccc(C#N)c3ncccc23)CC1. The quantitative estimate of drug-likeness (QED) is 0.676. The standard InChI is InChI=1S/C26H27N5O/c1-17-6-8-19(31-15-20(16-31)30(2)3)13-22(17)25(32)29-26(10-11-26)23-9-7-18(14-27)24-21(23)5-4-12-28-24/h4-9,12-13,20H,10-11,15-16H2,1-3H3,(H,29,32). The first-order valence-corrected chi connectivity index (χ1v) is 11.0. The Kier molecular flexibility index (Phi) is 4.87. The number of nitriles is 1. The number of rotatable bonds is 5. The number of nitrogens with zero attached hydrogens (tertiary/aromatic N) is 4. The fraction of sp³-hybridized carbons (Fsp3) is 0.346. The van der Waals surface area contributed by atoms with Crippen molar-refractivity contribution in [1.29, 1.82) is 5.26 Å². The van der Waals surface area contributed by atoms with Crippen LogP contribution in [0.1, 0.15) is 39.9 Å². The summed E-state index contributed by atoms with van der Waals surface area (Å²) < 4.78 is 0. The van der Waals surface area contributed by atoms with E-state index in [0.717, 1.165) is 53.7 Å². The zero-order chi connectivity index (χ0) is 22.5. The van der Waals surface area contributed by atoms with Gasteiger partial charge in [-0.3, -0.25) is 9.78 Å². The molecule has 2 heterocycles. The van der Waals surface area contributed by atoms with Gasteiger partial charge in [-0.05, 0) is 69.3 Å². The van der Waals surface area contributed by atoms with Crippen LogP contribution in [0.3, 0.4) is 0 Å². The van der Waals surface area contributed by atoms with Crippen LogP contribution in [0, 0.1) is 18.3 Å². The molecule has 0 radical (unpaired) electrons. The number of likely N-dealkylation sites (N-methyl/N-ethyl adjacent to an activating group) is 1. The zero-order valence-corrected chi connectivity index (χ0v) is 18.7. The van der Waals surface area contributed by atoms with Gasteiger partial charge in [0.05, 0.1) is 16.6 Å². The summed E-state index contributed by atoms with van der Waals surface area (Å²) in [4.78, 5) is 22.4. The topological polar surface area (TPSA) is 72.3 Å². The number of hydrogen-bond acceptors (Lipinski definition) is 5. The molecule has 6 nitrogen and oxygen atoms in total. The second-order valence-corrected chi connectivity index (χ2v) is 9.23. The molecule has 1 saturated heterocycles. The number of pyridine rings is 1. The normalized spacial score (nSPS) is 17.2. The Hall–Kier alpha value is -3.43. The molecule has 6 heteroatoms. The average molecular weight is 426 g/mol. The van der Waals surface area contributed by atoms with Crippen molar-refractivity contribution in [3.8, 4) is 6.07 Å². The van der Waals surface area contributed by atoms with E-state index in [1.54, 1.807) is 6.20 Å². The molecular weight excluding hydrogens is 398 g/mol. The van der Waals surface area contributed by atoms with Crippen molar-refractivity contribution in [1.82, 2.24) is 15.2 Å². The summed E-state index contributed by atoms with van der Waals surface area (Å²) in [6.07, 6.45) is 3.46. The molecule has 3 aromatic rings. The van der Waals surface area contributed by atoms with Crippen molar-refractivity contribution < 1.29 is 4.79 Å². The lowest BCUT2D eigenvalue weighted by Gasteiger charge is -2.44. The average Bonchev–Trinajstić information content (AvgIpc) is 3.52. The van der Waals surface area contributed by atoms with Gasteiger partial charge in [0.15, 0.2) is 0 Å². The molecule has 1 N–H and O–H groups in total. The van der Waals surface area contributed by atoms with Gasteiger partial charge in [0.1, 0.15) is 6.07 Å². The number of amides is 1. The Morgan fingerprint density at radius 1 is 1.22 bits per heavy atom. The minimum absolute atomic E-state index is 0.0482. The number of carbonyl (C=O) groups excluding carboxylic acids is 1. The van der Waals surface area contributed by atoms with E-state index < -0.39 is 5.54 Å². The summed E-state index contributed by atoms with van der Waals surface area (Å²) in [5, 5.41) is 13.7. The number of benzene rings is 2. The third kappa shape index (κ3) is 3.39. The highest BCUT2D eigenvalue weighted by Crippen LogP contribution is 2.48. The molecule has 1 aromatic heterocycles. The van der Waals surface area contributed by atoms with Gasteiger partial charge >= 0.3 is 0 Å². The maximum Gasteiger partial charge on any atom is 0.252 e. The summed E-state index contributed by atoms with van der Waals surface area (Å²) in [7, 11) is 4.21. The third-order valence-electron chi connectivity index (χ3n) is 6.93. The van der Waals surface area contributed by atoms with Crippen molar-refractivity contribution in [2.75, 3.05) is 32.1 Å².